The number of aromatic nitrogens is 1. The van der Waals surface area contributed by atoms with Gasteiger partial charge in [-0.3, -0.25) is 9.78 Å². The van der Waals surface area contributed by atoms with Crippen LogP contribution in [0.5, 0.6) is 0 Å². The first-order chi connectivity index (χ1) is 8.20. The van der Waals surface area contributed by atoms with E-state index in [0.717, 1.165) is 11.3 Å². The lowest BCUT2D eigenvalue weighted by Gasteiger charge is -2.08. The number of carbonyl (C=O) groups excluding carboxylic acids is 1. The van der Waals surface area contributed by atoms with Gasteiger partial charge in [-0.15, -0.1) is 0 Å². The maximum atomic E-state index is 11.3. The molecular weight excluding hydrogens is 212 g/mol. The third-order valence-corrected chi connectivity index (χ3v) is 2.49. The molecule has 84 valence electrons. The molecule has 2 aromatic rings. The number of amides is 1. The molecule has 0 saturated carbocycles. The molecule has 0 saturated heterocycles. The number of benzene rings is 1. The minimum Gasteiger partial charge on any atom is -0.366 e. The van der Waals surface area contributed by atoms with Crippen LogP contribution in [-0.4, -0.2) is 10.9 Å². The number of primary amides is 1. The molecule has 2 rings (SSSR count). The number of carbonyl (C=O) groups is 1. The van der Waals surface area contributed by atoms with Crippen LogP contribution in [0.25, 0.3) is 5.57 Å². The van der Waals surface area contributed by atoms with E-state index in [1.807, 2.05) is 30.3 Å². The Balaban J connectivity index is 2.48. The van der Waals surface area contributed by atoms with Crippen LogP contribution in [0, 0.1) is 0 Å². The Morgan fingerprint density at radius 1 is 1.06 bits per heavy atom. The normalized spacial score (nSPS) is 9.88. The van der Waals surface area contributed by atoms with Crippen LogP contribution in [0.2, 0.25) is 0 Å². The van der Waals surface area contributed by atoms with Crippen LogP contribution in [0.15, 0.2) is 55.2 Å². The molecule has 1 aromatic carbocycles. The maximum Gasteiger partial charge on any atom is 0.249 e. The van der Waals surface area contributed by atoms with E-state index in [0.29, 0.717) is 11.1 Å². The topological polar surface area (TPSA) is 56.0 Å². The summed E-state index contributed by atoms with van der Waals surface area (Å²) in [5, 5.41) is 0. The number of pyridine rings is 1. The molecule has 1 amide bonds. The summed E-state index contributed by atoms with van der Waals surface area (Å²) < 4.78 is 0. The van der Waals surface area contributed by atoms with Crippen molar-refractivity contribution >= 4 is 11.5 Å². The lowest BCUT2D eigenvalue weighted by atomic mass is 9.98. The minimum atomic E-state index is -0.460. The van der Waals surface area contributed by atoms with Crippen LogP contribution in [0.4, 0.5) is 0 Å². The molecule has 1 heterocycles. The summed E-state index contributed by atoms with van der Waals surface area (Å²) in [6.07, 6.45) is 1.69. The zero-order chi connectivity index (χ0) is 12.3. The van der Waals surface area contributed by atoms with Crippen LogP contribution < -0.4 is 5.73 Å². The Morgan fingerprint density at radius 2 is 1.71 bits per heavy atom. The SMILES string of the molecule is C=C(c1ccccn1)c1ccccc1C(N)=O. The summed E-state index contributed by atoms with van der Waals surface area (Å²) in [6, 6.07) is 12.7. The van der Waals surface area contributed by atoms with Crippen molar-refractivity contribution in [1.29, 1.82) is 0 Å². The van der Waals surface area contributed by atoms with Gasteiger partial charge < -0.3 is 5.73 Å². The van der Waals surface area contributed by atoms with Gasteiger partial charge in [0.15, 0.2) is 0 Å². The first-order valence-corrected chi connectivity index (χ1v) is 5.19. The van der Waals surface area contributed by atoms with Crippen LogP contribution in [0.1, 0.15) is 21.6 Å². The highest BCUT2D eigenvalue weighted by Gasteiger charge is 2.11. The van der Waals surface area contributed by atoms with Gasteiger partial charge in [0.05, 0.1) is 5.69 Å². The summed E-state index contributed by atoms with van der Waals surface area (Å²) in [5.74, 6) is -0.460. The van der Waals surface area contributed by atoms with Crippen molar-refractivity contribution in [1.82, 2.24) is 4.98 Å². The van der Waals surface area contributed by atoms with Crippen LogP contribution in [0.3, 0.4) is 0 Å². The fraction of sp³-hybridized carbons (Fsp3) is 0. The Bertz CT molecular complexity index is 561. The molecule has 0 aliphatic heterocycles. The summed E-state index contributed by atoms with van der Waals surface area (Å²) in [4.78, 5) is 15.5. The standard InChI is InChI=1S/C14H12N2O/c1-10(13-8-4-5-9-16-13)11-6-2-3-7-12(11)14(15)17/h2-9H,1H2,(H2,15,17). The zero-order valence-electron chi connectivity index (χ0n) is 9.26. The Labute approximate surface area is 99.6 Å². The second kappa shape index (κ2) is 4.61. The summed E-state index contributed by atoms with van der Waals surface area (Å²) >= 11 is 0. The van der Waals surface area contributed by atoms with Gasteiger partial charge in [-0.05, 0) is 23.8 Å². The van der Waals surface area contributed by atoms with Gasteiger partial charge >= 0.3 is 0 Å². The highest BCUT2D eigenvalue weighted by molar-refractivity contribution is 5.99. The lowest BCUT2D eigenvalue weighted by Crippen LogP contribution is -2.13. The van der Waals surface area contributed by atoms with Gasteiger partial charge in [0.2, 0.25) is 5.91 Å². The highest BCUT2D eigenvalue weighted by Crippen LogP contribution is 2.22. The highest BCUT2D eigenvalue weighted by atomic mass is 16.1. The predicted molar refractivity (Wildman–Crippen MR) is 67.3 cm³/mol. The van der Waals surface area contributed by atoms with Gasteiger partial charge in [0, 0.05) is 17.3 Å². The van der Waals surface area contributed by atoms with E-state index >= 15 is 0 Å². The number of nitrogens with two attached hydrogens (primary N) is 1. The predicted octanol–water partition coefficient (Wildman–Crippen LogP) is 2.24. The van der Waals surface area contributed by atoms with Crippen LogP contribution in [-0.2, 0) is 0 Å². The zero-order valence-corrected chi connectivity index (χ0v) is 9.26. The number of nitrogens with zero attached hydrogens (tertiary/aromatic N) is 1. The number of hydrogen-bond acceptors (Lipinski definition) is 2. The monoisotopic (exact) mass is 224 g/mol. The molecule has 0 atom stereocenters. The Kier molecular flexibility index (Phi) is 3.01. The second-order valence-electron chi connectivity index (χ2n) is 3.60. The number of hydrogen-bond donors (Lipinski definition) is 1. The summed E-state index contributed by atoms with van der Waals surface area (Å²) in [7, 11) is 0. The van der Waals surface area contributed by atoms with Crippen molar-refractivity contribution in [3.63, 3.8) is 0 Å². The largest absolute Gasteiger partial charge is 0.366 e. The van der Waals surface area contributed by atoms with Gasteiger partial charge in [0.25, 0.3) is 0 Å². The molecule has 3 heteroatoms. The van der Waals surface area contributed by atoms with E-state index in [1.165, 1.54) is 0 Å². The van der Waals surface area contributed by atoms with Crippen molar-refractivity contribution in [3.8, 4) is 0 Å². The molecule has 17 heavy (non-hydrogen) atoms. The molecule has 3 nitrogen and oxygen atoms in total. The first kappa shape index (κ1) is 11.1. The van der Waals surface area contributed by atoms with Crippen molar-refractivity contribution < 1.29 is 4.79 Å². The minimum absolute atomic E-state index is 0.460. The molecule has 2 N–H and O–H groups in total. The van der Waals surface area contributed by atoms with E-state index in [2.05, 4.69) is 11.6 Å². The molecule has 0 aliphatic carbocycles. The second-order valence-corrected chi connectivity index (χ2v) is 3.60. The molecule has 0 aliphatic rings. The average Bonchev–Trinajstić information content (AvgIpc) is 2.39. The van der Waals surface area contributed by atoms with Gasteiger partial charge in [0.1, 0.15) is 0 Å². The summed E-state index contributed by atoms with van der Waals surface area (Å²) in [6.45, 7) is 3.97. The average molecular weight is 224 g/mol. The van der Waals surface area contributed by atoms with Crippen molar-refractivity contribution in [2.75, 3.05) is 0 Å². The van der Waals surface area contributed by atoms with Crippen LogP contribution >= 0.6 is 0 Å². The number of rotatable bonds is 3. The fourth-order valence-corrected chi connectivity index (χ4v) is 1.64. The molecule has 1 aromatic heterocycles. The van der Waals surface area contributed by atoms with E-state index in [1.54, 1.807) is 18.3 Å². The molecule has 0 spiro atoms. The molecule has 0 unspecified atom stereocenters. The molecule has 0 radical (unpaired) electrons. The van der Waals surface area contributed by atoms with Crippen molar-refractivity contribution in [2.24, 2.45) is 5.73 Å². The molecular formula is C14H12N2O. The molecule has 0 fully saturated rings. The first-order valence-electron chi connectivity index (χ1n) is 5.19. The van der Waals surface area contributed by atoms with E-state index in [-0.39, 0.29) is 0 Å². The lowest BCUT2D eigenvalue weighted by molar-refractivity contribution is 0.1000. The van der Waals surface area contributed by atoms with Crippen molar-refractivity contribution in [3.05, 3.63) is 72.1 Å². The Hall–Kier alpha value is -2.42. The van der Waals surface area contributed by atoms with Crippen molar-refractivity contribution in [2.45, 2.75) is 0 Å². The Morgan fingerprint density at radius 3 is 2.29 bits per heavy atom. The maximum absolute atomic E-state index is 11.3. The van der Waals surface area contributed by atoms with E-state index < -0.39 is 5.91 Å². The van der Waals surface area contributed by atoms with Gasteiger partial charge in [-0.1, -0.05) is 30.8 Å². The fourth-order valence-electron chi connectivity index (χ4n) is 1.64. The van der Waals surface area contributed by atoms with Gasteiger partial charge in [-0.25, -0.2) is 0 Å². The van der Waals surface area contributed by atoms with E-state index in [4.69, 9.17) is 5.73 Å². The summed E-state index contributed by atoms with van der Waals surface area (Å²) in [5.41, 5.74) is 7.94. The third-order valence-electron chi connectivity index (χ3n) is 2.49. The van der Waals surface area contributed by atoms with E-state index in [9.17, 15) is 4.79 Å². The quantitative estimate of drug-likeness (QED) is 0.869. The third kappa shape index (κ3) is 2.23. The smallest absolute Gasteiger partial charge is 0.249 e. The molecule has 0 bridgehead atoms. The van der Waals surface area contributed by atoms with Gasteiger partial charge in [-0.2, -0.15) is 0 Å².